The summed E-state index contributed by atoms with van der Waals surface area (Å²) in [5.41, 5.74) is 2.65. The number of nitrogens with one attached hydrogen (secondary N) is 1. The van der Waals surface area contributed by atoms with E-state index >= 15 is 0 Å². The van der Waals surface area contributed by atoms with Gasteiger partial charge in [-0.3, -0.25) is 4.79 Å². The lowest BCUT2D eigenvalue weighted by Gasteiger charge is -2.08. The van der Waals surface area contributed by atoms with Crippen LogP contribution >= 0.6 is 0 Å². The molecule has 30 heavy (non-hydrogen) atoms. The minimum Gasteiger partial charge on any atom is -0.497 e. The van der Waals surface area contributed by atoms with Crippen molar-refractivity contribution in [1.29, 1.82) is 0 Å². The van der Waals surface area contributed by atoms with Crippen molar-refractivity contribution in [1.82, 2.24) is 30.5 Å². The number of methoxy groups -OCH3 is 1. The molecule has 4 rings (SSSR count). The fraction of sp³-hybridized carbons (Fsp3) is 0.381. The molecule has 1 amide bonds. The lowest BCUT2D eigenvalue weighted by atomic mass is 10.1. The van der Waals surface area contributed by atoms with E-state index in [9.17, 15) is 4.79 Å². The largest absolute Gasteiger partial charge is 0.497 e. The average molecular weight is 408 g/mol. The summed E-state index contributed by atoms with van der Waals surface area (Å²) in [5.74, 6) is 0.935. The van der Waals surface area contributed by atoms with Gasteiger partial charge in [0.1, 0.15) is 11.4 Å². The molecule has 156 valence electrons. The van der Waals surface area contributed by atoms with E-state index in [1.165, 1.54) is 0 Å². The van der Waals surface area contributed by atoms with E-state index in [0.717, 1.165) is 30.8 Å². The Morgan fingerprint density at radius 2 is 2.23 bits per heavy atom. The van der Waals surface area contributed by atoms with E-state index in [2.05, 4.69) is 25.7 Å². The van der Waals surface area contributed by atoms with Crippen molar-refractivity contribution < 1.29 is 14.3 Å². The van der Waals surface area contributed by atoms with E-state index in [1.807, 2.05) is 37.3 Å². The Kier molecular flexibility index (Phi) is 5.99. The molecule has 1 aliphatic rings. The summed E-state index contributed by atoms with van der Waals surface area (Å²) < 4.78 is 10.8. The number of hydrogen-bond donors (Lipinski definition) is 1. The molecule has 3 aromatic rings. The third-order valence-electron chi connectivity index (χ3n) is 4.88. The standard InChI is InChI=1S/C21H24N6O3/c1-14-9-16(20-24-26-27(25-20)13-18-7-4-8-30-18)11-19(23-14)21(28)22-12-15-5-3-6-17(10-15)29-2/h3,5-6,9-11,18H,4,7-8,12-13H2,1-2H3,(H,22,28). The van der Waals surface area contributed by atoms with Gasteiger partial charge in [-0.05, 0) is 54.8 Å². The van der Waals surface area contributed by atoms with Crippen LogP contribution in [0.3, 0.4) is 0 Å². The first-order chi connectivity index (χ1) is 14.6. The topological polar surface area (TPSA) is 104 Å². The molecule has 2 aromatic heterocycles. The molecule has 0 radical (unpaired) electrons. The molecule has 1 aromatic carbocycles. The third-order valence-corrected chi connectivity index (χ3v) is 4.88. The van der Waals surface area contributed by atoms with E-state index in [1.54, 1.807) is 18.0 Å². The minimum atomic E-state index is -0.269. The molecule has 1 aliphatic heterocycles. The quantitative estimate of drug-likeness (QED) is 0.639. The summed E-state index contributed by atoms with van der Waals surface area (Å²) in [4.78, 5) is 18.6. The maximum Gasteiger partial charge on any atom is 0.270 e. The van der Waals surface area contributed by atoms with Crippen LogP contribution < -0.4 is 10.1 Å². The number of rotatable bonds is 7. The minimum absolute atomic E-state index is 0.129. The highest BCUT2D eigenvalue weighted by molar-refractivity contribution is 5.93. The molecule has 0 aliphatic carbocycles. The molecule has 1 N–H and O–H groups in total. The first-order valence-electron chi connectivity index (χ1n) is 9.90. The summed E-state index contributed by atoms with van der Waals surface area (Å²) in [6.45, 7) is 3.56. The van der Waals surface area contributed by atoms with E-state index in [4.69, 9.17) is 9.47 Å². The molecule has 9 heteroatoms. The number of carbonyl (C=O) groups is 1. The lowest BCUT2D eigenvalue weighted by Crippen LogP contribution is -2.24. The van der Waals surface area contributed by atoms with Crippen molar-refractivity contribution in [2.75, 3.05) is 13.7 Å². The highest BCUT2D eigenvalue weighted by Crippen LogP contribution is 2.18. The second-order valence-electron chi connectivity index (χ2n) is 7.22. The van der Waals surface area contributed by atoms with Gasteiger partial charge in [-0.1, -0.05) is 12.1 Å². The number of nitrogens with zero attached hydrogens (tertiary/aromatic N) is 5. The highest BCUT2D eigenvalue weighted by atomic mass is 16.5. The van der Waals surface area contributed by atoms with Gasteiger partial charge in [0.15, 0.2) is 0 Å². The molecule has 0 saturated carbocycles. The second kappa shape index (κ2) is 9.00. The zero-order valence-electron chi connectivity index (χ0n) is 17.0. The van der Waals surface area contributed by atoms with Crippen LogP contribution in [0.15, 0.2) is 36.4 Å². The van der Waals surface area contributed by atoms with E-state index < -0.39 is 0 Å². The molecule has 1 atom stereocenters. The molecule has 0 bridgehead atoms. The van der Waals surface area contributed by atoms with Crippen molar-refractivity contribution in [3.8, 4) is 17.1 Å². The van der Waals surface area contributed by atoms with E-state index in [-0.39, 0.29) is 12.0 Å². The van der Waals surface area contributed by atoms with Crippen LogP contribution in [0.1, 0.15) is 34.6 Å². The van der Waals surface area contributed by atoms with Crippen molar-refractivity contribution in [2.45, 2.75) is 39.0 Å². The molecule has 1 unspecified atom stereocenters. The monoisotopic (exact) mass is 408 g/mol. The van der Waals surface area contributed by atoms with Gasteiger partial charge in [-0.2, -0.15) is 4.80 Å². The van der Waals surface area contributed by atoms with Crippen LogP contribution in [0, 0.1) is 6.92 Å². The first kappa shape index (κ1) is 20.0. The van der Waals surface area contributed by atoms with Gasteiger partial charge in [0.25, 0.3) is 5.91 Å². The zero-order valence-corrected chi connectivity index (χ0v) is 17.0. The fourth-order valence-electron chi connectivity index (χ4n) is 3.38. The Balaban J connectivity index is 1.45. The number of benzene rings is 1. The van der Waals surface area contributed by atoms with Crippen LogP contribution in [0.2, 0.25) is 0 Å². The Hall–Kier alpha value is -3.33. The number of ether oxygens (including phenoxy) is 2. The average Bonchev–Trinajstić information content (AvgIpc) is 3.44. The van der Waals surface area contributed by atoms with Crippen molar-refractivity contribution >= 4 is 5.91 Å². The summed E-state index contributed by atoms with van der Waals surface area (Å²) in [5, 5.41) is 15.6. The Morgan fingerprint density at radius 3 is 3.03 bits per heavy atom. The number of amides is 1. The van der Waals surface area contributed by atoms with Crippen LogP contribution in [0.25, 0.3) is 11.4 Å². The summed E-state index contributed by atoms with van der Waals surface area (Å²) >= 11 is 0. The summed E-state index contributed by atoms with van der Waals surface area (Å²) in [6, 6.07) is 11.1. The van der Waals surface area contributed by atoms with Crippen LogP contribution in [0.4, 0.5) is 0 Å². The molecule has 0 spiro atoms. The fourth-order valence-corrected chi connectivity index (χ4v) is 3.38. The number of aryl methyl sites for hydroxylation is 1. The lowest BCUT2D eigenvalue weighted by molar-refractivity contribution is 0.0898. The molecule has 3 heterocycles. The van der Waals surface area contributed by atoms with Crippen LogP contribution in [-0.4, -0.2) is 50.9 Å². The highest BCUT2D eigenvalue weighted by Gasteiger charge is 2.18. The van der Waals surface area contributed by atoms with Crippen LogP contribution in [0.5, 0.6) is 5.75 Å². The van der Waals surface area contributed by atoms with Gasteiger partial charge in [0, 0.05) is 24.4 Å². The van der Waals surface area contributed by atoms with Gasteiger partial charge in [-0.15, -0.1) is 10.2 Å². The Morgan fingerprint density at radius 1 is 1.33 bits per heavy atom. The van der Waals surface area contributed by atoms with Crippen molar-refractivity contribution in [3.05, 3.63) is 53.3 Å². The van der Waals surface area contributed by atoms with Crippen molar-refractivity contribution in [3.63, 3.8) is 0 Å². The predicted octanol–water partition coefficient (Wildman–Crippen LogP) is 2.16. The van der Waals surface area contributed by atoms with Crippen LogP contribution in [-0.2, 0) is 17.8 Å². The Bertz CT molecular complexity index is 1030. The molecule has 1 saturated heterocycles. The maximum absolute atomic E-state index is 12.7. The number of aromatic nitrogens is 5. The number of tetrazole rings is 1. The molecule has 1 fully saturated rings. The van der Waals surface area contributed by atoms with Gasteiger partial charge in [0.05, 0.1) is 19.8 Å². The Labute approximate surface area is 174 Å². The number of carbonyl (C=O) groups excluding carboxylic acids is 1. The van der Waals surface area contributed by atoms with Gasteiger partial charge in [-0.25, -0.2) is 4.98 Å². The molecular formula is C21H24N6O3. The number of hydrogen-bond acceptors (Lipinski definition) is 7. The van der Waals surface area contributed by atoms with Crippen molar-refractivity contribution in [2.24, 2.45) is 0 Å². The predicted molar refractivity (Wildman–Crippen MR) is 109 cm³/mol. The normalized spacial score (nSPS) is 15.9. The van der Waals surface area contributed by atoms with Gasteiger partial charge >= 0.3 is 0 Å². The first-order valence-corrected chi connectivity index (χ1v) is 9.90. The summed E-state index contributed by atoms with van der Waals surface area (Å²) in [6.07, 6.45) is 2.19. The molecule has 9 nitrogen and oxygen atoms in total. The number of pyridine rings is 1. The SMILES string of the molecule is COc1cccc(CNC(=O)c2cc(-c3nnn(CC4CCCO4)n3)cc(C)n2)c1. The van der Waals surface area contributed by atoms with Gasteiger partial charge < -0.3 is 14.8 Å². The third kappa shape index (κ3) is 4.80. The maximum atomic E-state index is 12.7. The summed E-state index contributed by atoms with van der Waals surface area (Å²) in [7, 11) is 1.61. The zero-order chi connectivity index (χ0) is 20.9. The second-order valence-corrected chi connectivity index (χ2v) is 7.22. The smallest absolute Gasteiger partial charge is 0.270 e. The van der Waals surface area contributed by atoms with E-state index in [0.29, 0.717) is 35.9 Å². The van der Waals surface area contributed by atoms with Gasteiger partial charge in [0.2, 0.25) is 5.82 Å². The molecular weight excluding hydrogens is 384 g/mol.